The molecule has 198 valence electrons. The number of pyridine rings is 1. The van der Waals surface area contributed by atoms with Gasteiger partial charge in [-0.1, -0.05) is 18.2 Å². The van der Waals surface area contributed by atoms with E-state index in [1.807, 2.05) is 58.0 Å². The Morgan fingerprint density at radius 3 is 2.65 bits per heavy atom. The van der Waals surface area contributed by atoms with Crippen molar-refractivity contribution < 1.29 is 9.59 Å². The van der Waals surface area contributed by atoms with Crippen LogP contribution in [0.2, 0.25) is 0 Å². The zero-order chi connectivity index (χ0) is 27.5. The Morgan fingerprint density at radius 2 is 1.90 bits per heavy atom. The van der Waals surface area contributed by atoms with E-state index in [0.29, 0.717) is 30.1 Å². The van der Waals surface area contributed by atoms with Crippen molar-refractivity contribution in [2.24, 2.45) is 5.92 Å². The smallest absolute Gasteiger partial charge is 0.261 e. The number of fused-ring (bicyclic) bond motifs is 1. The predicted octanol–water partition coefficient (Wildman–Crippen LogP) is 5.29. The number of nitrogens with one attached hydrogen (secondary N) is 1. The molecule has 1 N–H and O–H groups in total. The van der Waals surface area contributed by atoms with E-state index in [2.05, 4.69) is 21.4 Å². The number of carbonyl (C=O) groups is 2. The summed E-state index contributed by atoms with van der Waals surface area (Å²) >= 11 is 1.43. The number of rotatable bonds is 9. The minimum atomic E-state index is -0.135. The Bertz CT molecular complexity index is 1710. The van der Waals surface area contributed by atoms with Crippen LogP contribution in [0.4, 0.5) is 5.69 Å². The van der Waals surface area contributed by atoms with E-state index >= 15 is 0 Å². The minimum Gasteiger partial charge on any atom is -0.347 e. The maximum atomic E-state index is 13.4. The first-order valence-corrected chi connectivity index (χ1v) is 13.9. The van der Waals surface area contributed by atoms with Crippen molar-refractivity contribution in [1.82, 2.24) is 19.9 Å². The second-order valence-corrected chi connectivity index (χ2v) is 11.0. The summed E-state index contributed by atoms with van der Waals surface area (Å²) in [6.45, 7) is 1.39. The van der Waals surface area contributed by atoms with Crippen molar-refractivity contribution in [2.45, 2.75) is 32.5 Å². The van der Waals surface area contributed by atoms with Gasteiger partial charge in [-0.25, -0.2) is 4.98 Å². The molecule has 6 rings (SSSR count). The van der Waals surface area contributed by atoms with Gasteiger partial charge in [0.2, 0.25) is 5.91 Å². The van der Waals surface area contributed by atoms with Crippen LogP contribution in [-0.4, -0.2) is 26.3 Å². The molecule has 3 heterocycles. The van der Waals surface area contributed by atoms with Crippen LogP contribution in [0.15, 0.2) is 85.6 Å². The number of hydrogen-bond donors (Lipinski definition) is 1. The van der Waals surface area contributed by atoms with Gasteiger partial charge in [0.1, 0.15) is 0 Å². The Labute approximate surface area is 235 Å². The fourth-order valence-corrected chi connectivity index (χ4v) is 5.55. The van der Waals surface area contributed by atoms with Gasteiger partial charge in [0.05, 0.1) is 35.1 Å². The van der Waals surface area contributed by atoms with E-state index in [4.69, 9.17) is 5.26 Å². The summed E-state index contributed by atoms with van der Waals surface area (Å²) in [5.41, 5.74) is 4.32. The van der Waals surface area contributed by atoms with Gasteiger partial charge in [0.25, 0.3) is 5.91 Å². The number of hydrogen-bond acceptors (Lipinski definition) is 6. The summed E-state index contributed by atoms with van der Waals surface area (Å²) in [7, 11) is 0. The maximum Gasteiger partial charge on any atom is 0.261 e. The molecule has 2 aromatic carbocycles. The third kappa shape index (κ3) is 5.63. The highest BCUT2D eigenvalue weighted by Crippen LogP contribution is 2.35. The van der Waals surface area contributed by atoms with Gasteiger partial charge < -0.3 is 14.8 Å². The zero-order valence-corrected chi connectivity index (χ0v) is 22.5. The first kappa shape index (κ1) is 25.5. The molecule has 2 amide bonds. The number of nitriles is 1. The van der Waals surface area contributed by atoms with E-state index in [-0.39, 0.29) is 17.7 Å². The van der Waals surface area contributed by atoms with Crippen molar-refractivity contribution in [3.05, 3.63) is 113 Å². The van der Waals surface area contributed by atoms with Gasteiger partial charge in [-0.15, -0.1) is 11.3 Å². The lowest BCUT2D eigenvalue weighted by atomic mass is 10.1. The molecule has 1 saturated carbocycles. The van der Waals surface area contributed by atoms with Crippen molar-refractivity contribution in [3.8, 4) is 6.07 Å². The second kappa shape index (κ2) is 11.1. The van der Waals surface area contributed by atoms with E-state index in [1.165, 1.54) is 11.3 Å². The summed E-state index contributed by atoms with van der Waals surface area (Å²) in [5, 5.41) is 13.0. The molecule has 1 aliphatic rings. The van der Waals surface area contributed by atoms with Gasteiger partial charge >= 0.3 is 0 Å². The van der Waals surface area contributed by atoms with E-state index in [1.54, 1.807) is 37.1 Å². The SMILES string of the molecule is N#Cc1ccc(Cn2cncc2CN(C(=O)C2CC2)c2ccc3sc(C(=O)NCc4cccnc4)cc3c2)cc1. The molecule has 1 fully saturated rings. The third-order valence-corrected chi connectivity index (χ3v) is 8.07. The standard InChI is InChI=1S/C31H26N6O2S/c32-14-21-3-5-22(6-4-21)18-36-20-34-17-27(36)19-37(31(39)24-7-8-24)26-9-10-28-25(12-26)13-29(40-28)30(38)35-16-23-2-1-11-33-15-23/h1-6,9-13,15,17,20,24H,7-8,16,18-19H2,(H,35,38). The van der Waals surface area contributed by atoms with Crippen molar-refractivity contribution in [1.29, 1.82) is 5.26 Å². The van der Waals surface area contributed by atoms with Crippen LogP contribution in [0, 0.1) is 17.2 Å². The van der Waals surface area contributed by atoms with E-state index < -0.39 is 0 Å². The van der Waals surface area contributed by atoms with Crippen molar-refractivity contribution in [3.63, 3.8) is 0 Å². The zero-order valence-electron chi connectivity index (χ0n) is 21.7. The lowest BCUT2D eigenvalue weighted by Crippen LogP contribution is -2.32. The van der Waals surface area contributed by atoms with E-state index in [9.17, 15) is 9.59 Å². The van der Waals surface area contributed by atoms with Gasteiger partial charge in [0, 0.05) is 48.0 Å². The van der Waals surface area contributed by atoms with Gasteiger partial charge in [0.15, 0.2) is 0 Å². The fourth-order valence-electron chi connectivity index (χ4n) is 4.60. The monoisotopic (exact) mass is 546 g/mol. The molecule has 0 atom stereocenters. The lowest BCUT2D eigenvalue weighted by Gasteiger charge is -2.24. The number of imidazole rings is 1. The summed E-state index contributed by atoms with van der Waals surface area (Å²) < 4.78 is 3.02. The minimum absolute atomic E-state index is 0.0434. The van der Waals surface area contributed by atoms with Crippen LogP contribution in [0.25, 0.3) is 10.1 Å². The number of benzene rings is 2. The van der Waals surface area contributed by atoms with Gasteiger partial charge in [-0.05, 0) is 71.8 Å². The molecule has 0 bridgehead atoms. The van der Waals surface area contributed by atoms with Gasteiger partial charge in [-0.2, -0.15) is 5.26 Å². The first-order chi connectivity index (χ1) is 19.6. The molecule has 9 heteroatoms. The highest BCUT2D eigenvalue weighted by molar-refractivity contribution is 7.20. The molecule has 8 nitrogen and oxygen atoms in total. The summed E-state index contributed by atoms with van der Waals surface area (Å²) in [6, 6.07) is 21.2. The molecular weight excluding hydrogens is 520 g/mol. The van der Waals surface area contributed by atoms with Crippen molar-refractivity contribution >= 4 is 38.9 Å². The van der Waals surface area contributed by atoms with Crippen LogP contribution in [0.3, 0.4) is 0 Å². The largest absolute Gasteiger partial charge is 0.347 e. The maximum absolute atomic E-state index is 13.4. The molecule has 0 aliphatic heterocycles. The van der Waals surface area contributed by atoms with Crippen LogP contribution >= 0.6 is 11.3 Å². The van der Waals surface area contributed by atoms with Crippen LogP contribution in [-0.2, 0) is 24.4 Å². The molecule has 5 aromatic rings. The summed E-state index contributed by atoms with van der Waals surface area (Å²) in [5.74, 6) is 0.0150. The summed E-state index contributed by atoms with van der Waals surface area (Å²) in [6.07, 6.45) is 8.81. The number of anilines is 1. The number of amides is 2. The molecular formula is C31H26N6O2S. The molecule has 0 saturated heterocycles. The second-order valence-electron chi connectivity index (χ2n) is 9.90. The molecule has 0 spiro atoms. The Hall–Kier alpha value is -4.81. The quantitative estimate of drug-likeness (QED) is 0.271. The Balaban J connectivity index is 1.22. The van der Waals surface area contributed by atoms with E-state index in [0.717, 1.165) is 45.4 Å². The number of carbonyl (C=O) groups excluding carboxylic acids is 2. The Kier molecular flexibility index (Phi) is 7.08. The molecule has 3 aromatic heterocycles. The first-order valence-electron chi connectivity index (χ1n) is 13.1. The molecule has 0 radical (unpaired) electrons. The topological polar surface area (TPSA) is 104 Å². The molecule has 0 unspecified atom stereocenters. The normalized spacial score (nSPS) is 12.7. The number of aromatic nitrogens is 3. The average molecular weight is 547 g/mol. The lowest BCUT2D eigenvalue weighted by molar-refractivity contribution is -0.119. The Morgan fingerprint density at radius 1 is 1.05 bits per heavy atom. The highest BCUT2D eigenvalue weighted by Gasteiger charge is 2.34. The van der Waals surface area contributed by atoms with Crippen LogP contribution in [0.1, 0.15) is 44.9 Å². The average Bonchev–Trinajstić information content (AvgIpc) is 3.61. The predicted molar refractivity (Wildman–Crippen MR) is 154 cm³/mol. The van der Waals surface area contributed by atoms with Crippen LogP contribution < -0.4 is 10.2 Å². The number of thiophene rings is 1. The van der Waals surface area contributed by atoms with Gasteiger partial charge in [-0.3, -0.25) is 14.6 Å². The highest BCUT2D eigenvalue weighted by atomic mass is 32.1. The van der Waals surface area contributed by atoms with Crippen molar-refractivity contribution in [2.75, 3.05) is 4.90 Å². The third-order valence-electron chi connectivity index (χ3n) is 6.96. The molecule has 1 aliphatic carbocycles. The summed E-state index contributed by atoms with van der Waals surface area (Å²) in [4.78, 5) is 37.2. The number of nitrogens with zero attached hydrogens (tertiary/aromatic N) is 5. The fraction of sp³-hybridized carbons (Fsp3) is 0.194. The molecule has 40 heavy (non-hydrogen) atoms. The van der Waals surface area contributed by atoms with Crippen LogP contribution in [0.5, 0.6) is 0 Å².